The molecule has 1 heterocycles. The summed E-state index contributed by atoms with van der Waals surface area (Å²) in [7, 11) is 0. The molecule has 2 aliphatic rings. The van der Waals surface area contributed by atoms with E-state index in [0.717, 1.165) is 24.1 Å². The summed E-state index contributed by atoms with van der Waals surface area (Å²) in [6.45, 7) is 8.07. The Labute approximate surface area is 77.4 Å². The molecule has 1 N–H and O–H groups in total. The Morgan fingerprint density at radius 2 is 2.38 bits per heavy atom. The van der Waals surface area contributed by atoms with Gasteiger partial charge in [-0.05, 0) is 29.9 Å². The maximum atomic E-state index is 6.95. The molecular formula is C11H10N2. The molecule has 1 fully saturated rings. The Hall–Kier alpha value is -1.49. The molecule has 2 unspecified atom stereocenters. The first kappa shape index (κ1) is 6.97. The van der Waals surface area contributed by atoms with Gasteiger partial charge in [-0.25, -0.2) is 4.85 Å². The van der Waals surface area contributed by atoms with Crippen LogP contribution in [-0.4, -0.2) is 6.54 Å². The molecule has 1 aromatic carbocycles. The topological polar surface area (TPSA) is 16.4 Å². The number of nitrogens with one attached hydrogen (secondary N) is 1. The van der Waals surface area contributed by atoms with Gasteiger partial charge in [-0.1, -0.05) is 12.1 Å². The molecular weight excluding hydrogens is 160 g/mol. The Kier molecular flexibility index (Phi) is 1.21. The molecule has 1 aliphatic heterocycles. The van der Waals surface area contributed by atoms with Crippen molar-refractivity contribution < 1.29 is 0 Å². The highest BCUT2D eigenvalue weighted by Gasteiger charge is 2.42. The van der Waals surface area contributed by atoms with Crippen molar-refractivity contribution in [3.05, 3.63) is 35.2 Å². The molecule has 3 rings (SSSR count). The average Bonchev–Trinajstić information content (AvgIpc) is 2.96. The van der Waals surface area contributed by atoms with Gasteiger partial charge in [0.05, 0.1) is 6.57 Å². The summed E-state index contributed by atoms with van der Waals surface area (Å²) in [5.41, 5.74) is 3.38. The zero-order valence-electron chi connectivity index (χ0n) is 7.25. The number of hydrogen-bond donors (Lipinski definition) is 1. The number of fused-ring (bicyclic) bond motifs is 3. The number of anilines is 1. The molecule has 2 atom stereocenters. The van der Waals surface area contributed by atoms with Crippen LogP contribution < -0.4 is 5.32 Å². The van der Waals surface area contributed by atoms with Crippen LogP contribution in [0.2, 0.25) is 0 Å². The molecule has 0 aromatic heterocycles. The number of benzene rings is 1. The monoisotopic (exact) mass is 170 g/mol. The molecule has 0 radical (unpaired) electrons. The van der Waals surface area contributed by atoms with E-state index in [4.69, 9.17) is 6.57 Å². The van der Waals surface area contributed by atoms with Crippen molar-refractivity contribution in [3.63, 3.8) is 0 Å². The van der Waals surface area contributed by atoms with E-state index in [1.54, 1.807) is 0 Å². The van der Waals surface area contributed by atoms with E-state index < -0.39 is 0 Å². The van der Waals surface area contributed by atoms with Crippen LogP contribution in [0.3, 0.4) is 0 Å². The summed E-state index contributed by atoms with van der Waals surface area (Å²) >= 11 is 0. The van der Waals surface area contributed by atoms with E-state index in [9.17, 15) is 0 Å². The first-order valence-electron chi connectivity index (χ1n) is 4.64. The molecule has 0 bridgehead atoms. The van der Waals surface area contributed by atoms with E-state index in [0.29, 0.717) is 0 Å². The van der Waals surface area contributed by atoms with Crippen LogP contribution in [0.1, 0.15) is 17.9 Å². The van der Waals surface area contributed by atoms with Gasteiger partial charge in [-0.3, -0.25) is 0 Å². The fraction of sp³-hybridized carbons (Fsp3) is 0.364. The van der Waals surface area contributed by atoms with Gasteiger partial charge in [0.25, 0.3) is 0 Å². The molecule has 13 heavy (non-hydrogen) atoms. The van der Waals surface area contributed by atoms with E-state index in [1.807, 2.05) is 18.2 Å². The van der Waals surface area contributed by atoms with Crippen LogP contribution in [0.5, 0.6) is 0 Å². The average molecular weight is 170 g/mol. The minimum atomic E-state index is 0.748. The van der Waals surface area contributed by atoms with Gasteiger partial charge in [-0.15, -0.1) is 0 Å². The van der Waals surface area contributed by atoms with Crippen molar-refractivity contribution in [1.29, 1.82) is 0 Å². The maximum Gasteiger partial charge on any atom is 0.187 e. The normalized spacial score (nSPS) is 27.9. The molecule has 2 heteroatoms. The summed E-state index contributed by atoms with van der Waals surface area (Å²) in [5.74, 6) is 1.59. The second-order valence-corrected chi connectivity index (χ2v) is 3.87. The van der Waals surface area contributed by atoms with Crippen molar-refractivity contribution in [2.24, 2.45) is 5.92 Å². The maximum absolute atomic E-state index is 6.95. The molecule has 0 spiro atoms. The first-order chi connectivity index (χ1) is 6.38. The van der Waals surface area contributed by atoms with Gasteiger partial charge in [-0.2, -0.15) is 0 Å². The second kappa shape index (κ2) is 2.26. The molecule has 1 aliphatic carbocycles. The van der Waals surface area contributed by atoms with Crippen LogP contribution >= 0.6 is 0 Å². The zero-order valence-corrected chi connectivity index (χ0v) is 7.25. The van der Waals surface area contributed by atoms with Gasteiger partial charge in [0.1, 0.15) is 0 Å². The lowest BCUT2D eigenvalue weighted by Crippen LogP contribution is -2.11. The fourth-order valence-corrected chi connectivity index (χ4v) is 2.18. The standard InChI is InChI=1S/C11H10N2/c1-12-8-2-3-11-10(5-8)9-4-7(9)6-13-11/h2-3,5,7,9,13H,4,6H2. The van der Waals surface area contributed by atoms with Crippen LogP contribution in [0, 0.1) is 12.5 Å². The molecule has 2 nitrogen and oxygen atoms in total. The third-order valence-corrected chi connectivity index (χ3v) is 3.04. The van der Waals surface area contributed by atoms with Gasteiger partial charge in [0.2, 0.25) is 0 Å². The smallest absolute Gasteiger partial charge is 0.187 e. The van der Waals surface area contributed by atoms with E-state index in [-0.39, 0.29) is 0 Å². The SMILES string of the molecule is [C-]#[N+]c1ccc2c(c1)C1CC1CN2. The summed E-state index contributed by atoms with van der Waals surface area (Å²) < 4.78 is 0. The third-order valence-electron chi connectivity index (χ3n) is 3.04. The molecule has 64 valence electrons. The largest absolute Gasteiger partial charge is 0.385 e. The lowest BCUT2D eigenvalue weighted by atomic mass is 10.0. The van der Waals surface area contributed by atoms with Gasteiger partial charge in [0, 0.05) is 12.2 Å². The Morgan fingerprint density at radius 3 is 3.23 bits per heavy atom. The second-order valence-electron chi connectivity index (χ2n) is 3.87. The molecule has 0 saturated heterocycles. The Bertz CT molecular complexity index is 403. The summed E-state index contributed by atoms with van der Waals surface area (Å²) in [6, 6.07) is 5.97. The predicted molar refractivity (Wildman–Crippen MR) is 52.0 cm³/mol. The van der Waals surface area contributed by atoms with Crippen LogP contribution in [0.25, 0.3) is 4.85 Å². The minimum Gasteiger partial charge on any atom is -0.385 e. The highest BCUT2D eigenvalue weighted by molar-refractivity contribution is 5.64. The van der Waals surface area contributed by atoms with Gasteiger partial charge < -0.3 is 5.32 Å². The van der Waals surface area contributed by atoms with Crippen LogP contribution in [0.4, 0.5) is 11.4 Å². The highest BCUT2D eigenvalue weighted by Crippen LogP contribution is 2.53. The Morgan fingerprint density at radius 1 is 1.46 bits per heavy atom. The molecule has 0 amide bonds. The fourth-order valence-electron chi connectivity index (χ4n) is 2.18. The van der Waals surface area contributed by atoms with Gasteiger partial charge in [0.15, 0.2) is 5.69 Å². The van der Waals surface area contributed by atoms with E-state index in [1.165, 1.54) is 17.7 Å². The number of rotatable bonds is 0. The third kappa shape index (κ3) is 0.936. The first-order valence-corrected chi connectivity index (χ1v) is 4.64. The van der Waals surface area contributed by atoms with Crippen LogP contribution in [-0.2, 0) is 0 Å². The lowest BCUT2D eigenvalue weighted by Gasteiger charge is -2.17. The van der Waals surface area contributed by atoms with E-state index >= 15 is 0 Å². The van der Waals surface area contributed by atoms with Crippen molar-refractivity contribution in [2.45, 2.75) is 12.3 Å². The van der Waals surface area contributed by atoms with Crippen molar-refractivity contribution >= 4 is 11.4 Å². The summed E-state index contributed by atoms with van der Waals surface area (Å²) in [5, 5.41) is 3.40. The zero-order chi connectivity index (χ0) is 8.84. The number of hydrogen-bond acceptors (Lipinski definition) is 1. The van der Waals surface area contributed by atoms with Crippen molar-refractivity contribution in [1.82, 2.24) is 0 Å². The summed E-state index contributed by atoms with van der Waals surface area (Å²) in [6.07, 6.45) is 1.31. The lowest BCUT2D eigenvalue weighted by molar-refractivity contribution is 0.817. The molecule has 1 aromatic rings. The quantitative estimate of drug-likeness (QED) is 0.592. The van der Waals surface area contributed by atoms with Crippen molar-refractivity contribution in [3.8, 4) is 0 Å². The van der Waals surface area contributed by atoms with Crippen molar-refractivity contribution in [2.75, 3.05) is 11.9 Å². The molecule has 1 saturated carbocycles. The highest BCUT2D eigenvalue weighted by atomic mass is 14.9. The number of nitrogens with zero attached hydrogens (tertiary/aromatic N) is 1. The van der Waals surface area contributed by atoms with Gasteiger partial charge >= 0.3 is 0 Å². The minimum absolute atomic E-state index is 0.748. The Balaban J connectivity index is 2.12. The predicted octanol–water partition coefficient (Wildman–Crippen LogP) is 2.77. The summed E-state index contributed by atoms with van der Waals surface area (Å²) in [4.78, 5) is 3.45. The van der Waals surface area contributed by atoms with Crippen LogP contribution in [0.15, 0.2) is 18.2 Å². The van der Waals surface area contributed by atoms with E-state index in [2.05, 4.69) is 10.2 Å².